The lowest BCUT2D eigenvalue weighted by Gasteiger charge is -2.34. The highest BCUT2D eigenvalue weighted by atomic mass is 15.2. The van der Waals surface area contributed by atoms with Crippen molar-refractivity contribution in [3.8, 4) is 0 Å². The molecule has 0 saturated carbocycles. The minimum Gasteiger partial charge on any atom is -0.315 e. The van der Waals surface area contributed by atoms with E-state index in [1.165, 1.54) is 5.56 Å². The smallest absolute Gasteiger partial charge is 0.0271 e. The molecule has 1 atom stereocenters. The molecule has 0 spiro atoms. The van der Waals surface area contributed by atoms with Crippen molar-refractivity contribution < 1.29 is 0 Å². The van der Waals surface area contributed by atoms with Crippen LogP contribution in [0.3, 0.4) is 0 Å². The number of likely N-dealkylation sites (N-methyl/N-ethyl adjacent to an activating group) is 1. The molecule has 1 aromatic rings. The van der Waals surface area contributed by atoms with Crippen LogP contribution in [0.1, 0.15) is 40.2 Å². The molecule has 3 nitrogen and oxygen atoms in total. The number of hydrogen-bond acceptors (Lipinski definition) is 3. The Morgan fingerprint density at radius 3 is 2.25 bits per heavy atom. The van der Waals surface area contributed by atoms with Gasteiger partial charge in [0.1, 0.15) is 0 Å². The molecule has 0 amide bonds. The maximum atomic E-state index is 4.10. The first-order valence-electron chi connectivity index (χ1n) is 7.88. The first-order valence-corrected chi connectivity index (χ1v) is 7.88. The van der Waals surface area contributed by atoms with Crippen molar-refractivity contribution in [2.75, 3.05) is 19.6 Å². The fraction of sp³-hybridized carbons (Fsp3) is 0.706. The third-order valence-corrected chi connectivity index (χ3v) is 3.69. The highest BCUT2D eigenvalue weighted by Gasteiger charge is 2.20. The van der Waals surface area contributed by atoms with Gasteiger partial charge in [-0.1, -0.05) is 34.6 Å². The van der Waals surface area contributed by atoms with Crippen molar-refractivity contribution in [3.05, 3.63) is 30.1 Å². The first-order chi connectivity index (χ1) is 9.54. The van der Waals surface area contributed by atoms with Gasteiger partial charge in [0.25, 0.3) is 0 Å². The van der Waals surface area contributed by atoms with Crippen LogP contribution in [-0.2, 0) is 6.54 Å². The van der Waals surface area contributed by atoms with Gasteiger partial charge in [-0.05, 0) is 42.6 Å². The van der Waals surface area contributed by atoms with Crippen LogP contribution < -0.4 is 5.32 Å². The first kappa shape index (κ1) is 17.1. The second kappa shape index (κ2) is 9.09. The van der Waals surface area contributed by atoms with Crippen LogP contribution in [0, 0.1) is 11.8 Å². The fourth-order valence-corrected chi connectivity index (χ4v) is 2.49. The van der Waals surface area contributed by atoms with Crippen LogP contribution in [0.5, 0.6) is 0 Å². The molecule has 1 heterocycles. The van der Waals surface area contributed by atoms with Crippen LogP contribution in [0.4, 0.5) is 0 Å². The van der Waals surface area contributed by atoms with Gasteiger partial charge in [0, 0.05) is 31.5 Å². The van der Waals surface area contributed by atoms with Gasteiger partial charge < -0.3 is 5.32 Å². The van der Waals surface area contributed by atoms with Gasteiger partial charge in [-0.15, -0.1) is 0 Å². The van der Waals surface area contributed by atoms with Crippen molar-refractivity contribution in [1.82, 2.24) is 15.2 Å². The van der Waals surface area contributed by atoms with E-state index in [4.69, 9.17) is 0 Å². The second-order valence-corrected chi connectivity index (χ2v) is 6.28. The van der Waals surface area contributed by atoms with E-state index in [9.17, 15) is 0 Å². The summed E-state index contributed by atoms with van der Waals surface area (Å²) in [6.45, 7) is 15.6. The summed E-state index contributed by atoms with van der Waals surface area (Å²) in [5.41, 5.74) is 1.34. The van der Waals surface area contributed by atoms with E-state index in [1.54, 1.807) is 0 Å². The van der Waals surface area contributed by atoms with E-state index in [-0.39, 0.29) is 0 Å². The average molecular weight is 277 g/mol. The summed E-state index contributed by atoms with van der Waals surface area (Å²) >= 11 is 0. The number of nitrogens with one attached hydrogen (secondary N) is 1. The molecule has 20 heavy (non-hydrogen) atoms. The van der Waals surface area contributed by atoms with E-state index in [0.29, 0.717) is 17.9 Å². The number of hydrogen-bond donors (Lipinski definition) is 1. The molecule has 1 unspecified atom stereocenters. The largest absolute Gasteiger partial charge is 0.315 e. The van der Waals surface area contributed by atoms with Gasteiger partial charge >= 0.3 is 0 Å². The maximum absolute atomic E-state index is 4.10. The Morgan fingerprint density at radius 1 is 1.10 bits per heavy atom. The van der Waals surface area contributed by atoms with Gasteiger partial charge in [0.2, 0.25) is 0 Å². The topological polar surface area (TPSA) is 28.2 Å². The zero-order valence-electron chi connectivity index (χ0n) is 13.8. The van der Waals surface area contributed by atoms with Crippen molar-refractivity contribution in [2.45, 2.75) is 47.2 Å². The summed E-state index contributed by atoms with van der Waals surface area (Å²) in [7, 11) is 0. The number of rotatable bonds is 9. The summed E-state index contributed by atoms with van der Waals surface area (Å²) in [6, 6.07) is 4.80. The van der Waals surface area contributed by atoms with Crippen molar-refractivity contribution >= 4 is 0 Å². The minimum atomic E-state index is 0.576. The lowest BCUT2D eigenvalue weighted by molar-refractivity contribution is 0.150. The van der Waals surface area contributed by atoms with E-state index >= 15 is 0 Å². The van der Waals surface area contributed by atoms with Crippen LogP contribution in [0.25, 0.3) is 0 Å². The minimum absolute atomic E-state index is 0.576. The lowest BCUT2D eigenvalue weighted by atomic mass is 10.0. The van der Waals surface area contributed by atoms with Crippen molar-refractivity contribution in [1.29, 1.82) is 0 Å². The molecular weight excluding hydrogens is 246 g/mol. The second-order valence-electron chi connectivity index (χ2n) is 6.28. The van der Waals surface area contributed by atoms with Crippen LogP contribution >= 0.6 is 0 Å². The predicted molar refractivity (Wildman–Crippen MR) is 86.7 cm³/mol. The molecule has 0 aliphatic heterocycles. The molecule has 1 aromatic heterocycles. The molecular formula is C17H31N3. The molecule has 1 rings (SSSR count). The van der Waals surface area contributed by atoms with E-state index in [0.717, 1.165) is 26.2 Å². The third kappa shape index (κ3) is 6.02. The summed E-state index contributed by atoms with van der Waals surface area (Å²) < 4.78 is 0. The molecule has 1 N–H and O–H groups in total. The fourth-order valence-electron chi connectivity index (χ4n) is 2.49. The Hall–Kier alpha value is -0.930. The third-order valence-electron chi connectivity index (χ3n) is 3.69. The summed E-state index contributed by atoms with van der Waals surface area (Å²) in [4.78, 5) is 6.66. The predicted octanol–water partition coefficient (Wildman–Crippen LogP) is 3.17. The van der Waals surface area contributed by atoms with Crippen molar-refractivity contribution in [3.63, 3.8) is 0 Å². The average Bonchev–Trinajstić information content (AvgIpc) is 2.42. The molecule has 0 aliphatic carbocycles. The molecule has 0 fully saturated rings. The summed E-state index contributed by atoms with van der Waals surface area (Å²) in [5.74, 6) is 1.36. The van der Waals surface area contributed by atoms with Crippen LogP contribution in [-0.4, -0.2) is 35.6 Å². The van der Waals surface area contributed by atoms with Gasteiger partial charge in [-0.3, -0.25) is 9.88 Å². The molecule has 0 aliphatic rings. The SMILES string of the molecule is CCN(Cc1ccncc1)C(CNCC(C)C)C(C)C. The Balaban J connectivity index is 2.61. The van der Waals surface area contributed by atoms with E-state index in [2.05, 4.69) is 62.0 Å². The lowest BCUT2D eigenvalue weighted by Crippen LogP contribution is -2.45. The standard InChI is InChI=1S/C17H31N3/c1-6-20(13-16-7-9-18-10-8-16)17(15(4)5)12-19-11-14(2)3/h7-10,14-15,17,19H,6,11-13H2,1-5H3. The van der Waals surface area contributed by atoms with Crippen molar-refractivity contribution in [2.24, 2.45) is 11.8 Å². The van der Waals surface area contributed by atoms with Crippen LogP contribution in [0.15, 0.2) is 24.5 Å². The highest BCUT2D eigenvalue weighted by Crippen LogP contribution is 2.14. The Morgan fingerprint density at radius 2 is 1.75 bits per heavy atom. The van der Waals surface area contributed by atoms with E-state index < -0.39 is 0 Å². The molecule has 3 heteroatoms. The molecule has 0 radical (unpaired) electrons. The Bertz CT molecular complexity index is 349. The van der Waals surface area contributed by atoms with Gasteiger partial charge in [0.05, 0.1) is 0 Å². The molecule has 0 saturated heterocycles. The highest BCUT2D eigenvalue weighted by molar-refractivity contribution is 5.09. The quantitative estimate of drug-likeness (QED) is 0.751. The molecule has 114 valence electrons. The van der Waals surface area contributed by atoms with Gasteiger partial charge in [-0.25, -0.2) is 0 Å². The Kier molecular flexibility index (Phi) is 7.78. The zero-order chi connectivity index (χ0) is 15.0. The molecule has 0 bridgehead atoms. The maximum Gasteiger partial charge on any atom is 0.0271 e. The van der Waals surface area contributed by atoms with Gasteiger partial charge in [0.15, 0.2) is 0 Å². The zero-order valence-corrected chi connectivity index (χ0v) is 13.8. The van der Waals surface area contributed by atoms with Gasteiger partial charge in [-0.2, -0.15) is 0 Å². The van der Waals surface area contributed by atoms with Crippen LogP contribution in [0.2, 0.25) is 0 Å². The number of nitrogens with zero attached hydrogens (tertiary/aromatic N) is 2. The number of aromatic nitrogens is 1. The van der Waals surface area contributed by atoms with E-state index in [1.807, 2.05) is 12.4 Å². The Labute approximate surface area is 124 Å². The molecule has 0 aromatic carbocycles. The monoisotopic (exact) mass is 277 g/mol. The normalized spacial score (nSPS) is 13.4. The summed E-state index contributed by atoms with van der Waals surface area (Å²) in [5, 5.41) is 3.61. The summed E-state index contributed by atoms with van der Waals surface area (Å²) in [6.07, 6.45) is 3.76. The number of pyridine rings is 1.